The first-order valence-corrected chi connectivity index (χ1v) is 7.89. The lowest BCUT2D eigenvalue weighted by atomic mass is 10.2. The molecule has 0 aromatic heterocycles. The van der Waals surface area contributed by atoms with E-state index in [0.29, 0.717) is 0 Å². The van der Waals surface area contributed by atoms with E-state index in [0.717, 1.165) is 6.42 Å². The van der Waals surface area contributed by atoms with Crippen molar-refractivity contribution in [3.8, 4) is 0 Å². The minimum absolute atomic E-state index is 0.176. The fourth-order valence-corrected chi connectivity index (χ4v) is 2.23. The average molecular weight is 206 g/mol. The molecule has 0 amide bonds. The molecule has 3 heteroatoms. The van der Waals surface area contributed by atoms with Crippen molar-refractivity contribution in [2.45, 2.75) is 58.4 Å². The van der Waals surface area contributed by atoms with Gasteiger partial charge in [0.25, 0.3) is 0 Å². The van der Waals surface area contributed by atoms with Gasteiger partial charge in [-0.25, -0.2) is 4.39 Å². The van der Waals surface area contributed by atoms with Gasteiger partial charge in [-0.05, 0) is 24.6 Å². The molecule has 0 aromatic rings. The normalized spacial score (nSPS) is 15.9. The molecular formula is C10H23FOSi. The van der Waals surface area contributed by atoms with Crippen LogP contribution in [-0.4, -0.2) is 21.1 Å². The summed E-state index contributed by atoms with van der Waals surface area (Å²) in [4.78, 5) is 0. The van der Waals surface area contributed by atoms with E-state index in [-0.39, 0.29) is 17.8 Å². The number of halogens is 1. The Morgan fingerprint density at radius 2 is 1.77 bits per heavy atom. The van der Waals surface area contributed by atoms with Crippen LogP contribution in [0.15, 0.2) is 0 Å². The third kappa shape index (κ3) is 3.77. The van der Waals surface area contributed by atoms with Crippen molar-refractivity contribution in [1.29, 1.82) is 0 Å². The molecule has 0 N–H and O–H groups in total. The summed E-state index contributed by atoms with van der Waals surface area (Å²) in [5.74, 6) is 0. The van der Waals surface area contributed by atoms with E-state index in [1.54, 1.807) is 0 Å². The summed E-state index contributed by atoms with van der Waals surface area (Å²) >= 11 is 0. The Labute approximate surface area is 82.8 Å². The molecule has 1 atom stereocenters. The van der Waals surface area contributed by atoms with Gasteiger partial charge in [0.2, 0.25) is 0 Å². The highest BCUT2D eigenvalue weighted by molar-refractivity contribution is 6.74. The predicted molar refractivity (Wildman–Crippen MR) is 58.3 cm³/mol. The largest absolute Gasteiger partial charge is 0.411 e. The Morgan fingerprint density at radius 3 is 2.00 bits per heavy atom. The first-order chi connectivity index (χ1) is 5.74. The molecule has 0 fully saturated rings. The van der Waals surface area contributed by atoms with Crippen molar-refractivity contribution in [2.75, 3.05) is 6.67 Å². The molecule has 0 rings (SSSR count). The van der Waals surface area contributed by atoms with Crippen molar-refractivity contribution in [1.82, 2.24) is 0 Å². The summed E-state index contributed by atoms with van der Waals surface area (Å²) in [7, 11) is -1.75. The van der Waals surface area contributed by atoms with Gasteiger partial charge < -0.3 is 4.43 Å². The summed E-state index contributed by atoms with van der Waals surface area (Å²) in [5, 5.41) is 0.176. The molecule has 13 heavy (non-hydrogen) atoms. The Hall–Kier alpha value is 0.107. The Bertz CT molecular complexity index is 147. The van der Waals surface area contributed by atoms with Gasteiger partial charge in [0.1, 0.15) is 6.67 Å². The van der Waals surface area contributed by atoms with Crippen molar-refractivity contribution in [3.05, 3.63) is 0 Å². The maximum Gasteiger partial charge on any atom is 0.192 e. The van der Waals surface area contributed by atoms with E-state index in [1.165, 1.54) is 0 Å². The molecule has 0 spiro atoms. The molecule has 0 bridgehead atoms. The summed E-state index contributed by atoms with van der Waals surface area (Å²) < 4.78 is 18.3. The fourth-order valence-electron chi connectivity index (χ4n) is 0.817. The minimum Gasteiger partial charge on any atom is -0.411 e. The van der Waals surface area contributed by atoms with Crippen molar-refractivity contribution in [3.63, 3.8) is 0 Å². The summed E-state index contributed by atoms with van der Waals surface area (Å²) in [5.41, 5.74) is 0. The third-order valence-electron chi connectivity index (χ3n) is 2.89. The SMILES string of the molecule is CC[C@@H](CF)O[Si](C)(C)C(C)(C)C. The molecule has 0 saturated carbocycles. The molecule has 0 radical (unpaired) electrons. The van der Waals surface area contributed by atoms with Crippen LogP contribution in [0.3, 0.4) is 0 Å². The first kappa shape index (κ1) is 13.1. The average Bonchev–Trinajstić information content (AvgIpc) is 1.98. The molecule has 0 aliphatic heterocycles. The van der Waals surface area contributed by atoms with E-state index in [4.69, 9.17) is 4.43 Å². The van der Waals surface area contributed by atoms with E-state index in [1.807, 2.05) is 6.92 Å². The van der Waals surface area contributed by atoms with E-state index in [2.05, 4.69) is 33.9 Å². The van der Waals surface area contributed by atoms with Gasteiger partial charge in [-0.2, -0.15) is 0 Å². The molecule has 80 valence electrons. The molecule has 0 aromatic carbocycles. The lowest BCUT2D eigenvalue weighted by molar-refractivity contribution is 0.143. The second-order valence-corrected chi connectivity index (χ2v) is 9.82. The number of alkyl halides is 1. The van der Waals surface area contributed by atoms with Gasteiger partial charge in [0.05, 0.1) is 6.10 Å². The topological polar surface area (TPSA) is 9.23 Å². The van der Waals surface area contributed by atoms with Gasteiger partial charge >= 0.3 is 0 Å². The highest BCUT2D eigenvalue weighted by Crippen LogP contribution is 2.37. The lowest BCUT2D eigenvalue weighted by Crippen LogP contribution is -2.44. The zero-order chi connectivity index (χ0) is 10.7. The Kier molecular flexibility index (Phi) is 4.59. The molecule has 0 unspecified atom stereocenters. The van der Waals surface area contributed by atoms with Gasteiger partial charge in [-0.1, -0.05) is 27.7 Å². The van der Waals surface area contributed by atoms with Crippen LogP contribution in [0.4, 0.5) is 4.39 Å². The van der Waals surface area contributed by atoms with E-state index >= 15 is 0 Å². The quantitative estimate of drug-likeness (QED) is 0.636. The fraction of sp³-hybridized carbons (Fsp3) is 1.00. The zero-order valence-corrected chi connectivity index (χ0v) is 10.8. The predicted octanol–water partition coefficient (Wildman–Crippen LogP) is 3.76. The van der Waals surface area contributed by atoms with Crippen LogP contribution in [0.5, 0.6) is 0 Å². The maximum absolute atomic E-state index is 12.5. The molecular weight excluding hydrogens is 183 g/mol. The van der Waals surface area contributed by atoms with Crippen LogP contribution < -0.4 is 0 Å². The molecule has 0 aliphatic rings. The highest BCUT2D eigenvalue weighted by Gasteiger charge is 2.38. The van der Waals surface area contributed by atoms with Crippen molar-refractivity contribution < 1.29 is 8.82 Å². The summed E-state index contributed by atoms with van der Waals surface area (Å²) in [6, 6.07) is 0. The van der Waals surface area contributed by atoms with Crippen LogP contribution in [-0.2, 0) is 4.43 Å². The Balaban J connectivity index is 4.31. The number of hydrogen-bond donors (Lipinski definition) is 0. The van der Waals surface area contributed by atoms with E-state index in [9.17, 15) is 4.39 Å². The van der Waals surface area contributed by atoms with Crippen LogP contribution in [0.2, 0.25) is 18.1 Å². The highest BCUT2D eigenvalue weighted by atomic mass is 28.4. The number of rotatable bonds is 4. The molecule has 0 heterocycles. The zero-order valence-electron chi connectivity index (χ0n) is 9.78. The second-order valence-electron chi connectivity index (χ2n) is 5.06. The molecule has 0 saturated heterocycles. The second kappa shape index (κ2) is 4.56. The smallest absolute Gasteiger partial charge is 0.192 e. The maximum atomic E-state index is 12.5. The minimum atomic E-state index is -1.75. The van der Waals surface area contributed by atoms with Crippen LogP contribution in [0.1, 0.15) is 34.1 Å². The molecule has 0 aliphatic carbocycles. The van der Waals surface area contributed by atoms with Gasteiger partial charge in [-0.3, -0.25) is 0 Å². The monoisotopic (exact) mass is 206 g/mol. The summed E-state index contributed by atoms with van der Waals surface area (Å²) in [6.45, 7) is 12.4. The standard InChI is InChI=1S/C10H23FOSi/c1-7-9(8-11)12-13(5,6)10(2,3)4/h9H,7-8H2,1-6H3/t9-/m0/s1. The third-order valence-corrected chi connectivity index (χ3v) is 7.43. The summed E-state index contributed by atoms with van der Waals surface area (Å²) in [6.07, 6.45) is 0.573. The van der Waals surface area contributed by atoms with Crippen LogP contribution in [0, 0.1) is 0 Å². The van der Waals surface area contributed by atoms with Gasteiger partial charge in [-0.15, -0.1) is 0 Å². The first-order valence-electron chi connectivity index (χ1n) is 4.98. The molecule has 1 nitrogen and oxygen atoms in total. The number of hydrogen-bond acceptors (Lipinski definition) is 1. The van der Waals surface area contributed by atoms with Gasteiger partial charge in [0.15, 0.2) is 8.32 Å². The lowest BCUT2D eigenvalue weighted by Gasteiger charge is -2.38. The van der Waals surface area contributed by atoms with Crippen molar-refractivity contribution >= 4 is 8.32 Å². The van der Waals surface area contributed by atoms with Crippen molar-refractivity contribution in [2.24, 2.45) is 0 Å². The van der Waals surface area contributed by atoms with Gasteiger partial charge in [0, 0.05) is 0 Å². The van der Waals surface area contributed by atoms with Crippen LogP contribution in [0.25, 0.3) is 0 Å². The van der Waals surface area contributed by atoms with Crippen LogP contribution >= 0.6 is 0 Å². The van der Waals surface area contributed by atoms with E-state index < -0.39 is 8.32 Å². The Morgan fingerprint density at radius 1 is 1.31 bits per heavy atom.